The van der Waals surface area contributed by atoms with Gasteiger partial charge in [-0.25, -0.2) is 4.79 Å². The lowest BCUT2D eigenvalue weighted by atomic mass is 10.0. The molecule has 1 heterocycles. The van der Waals surface area contributed by atoms with Gasteiger partial charge in [-0.1, -0.05) is 0 Å². The fourth-order valence-corrected chi connectivity index (χ4v) is 3.28. The van der Waals surface area contributed by atoms with Crippen LogP contribution in [-0.2, 0) is 4.74 Å². The van der Waals surface area contributed by atoms with E-state index >= 15 is 0 Å². The van der Waals surface area contributed by atoms with Crippen molar-refractivity contribution in [1.82, 2.24) is 15.5 Å². The smallest absolute Gasteiger partial charge is 0.410 e. The lowest BCUT2D eigenvalue weighted by molar-refractivity contribution is 0.0104. The van der Waals surface area contributed by atoms with Crippen LogP contribution in [0.2, 0.25) is 0 Å². The molecular weight excluding hydrogens is 336 g/mol. The zero-order valence-electron chi connectivity index (χ0n) is 16.6. The van der Waals surface area contributed by atoms with Gasteiger partial charge in [-0.3, -0.25) is 4.99 Å². The predicted molar refractivity (Wildman–Crippen MR) is 108 cm³/mol. The maximum atomic E-state index is 12.4. The molecule has 2 N–H and O–H groups in total. The lowest BCUT2D eigenvalue weighted by Gasteiger charge is -2.37. The van der Waals surface area contributed by atoms with E-state index in [1.807, 2.05) is 37.4 Å². The van der Waals surface area contributed by atoms with E-state index in [4.69, 9.17) is 4.74 Å². The first-order chi connectivity index (χ1) is 11.9. The van der Waals surface area contributed by atoms with Gasteiger partial charge in [0.05, 0.1) is 6.04 Å². The van der Waals surface area contributed by atoms with Gasteiger partial charge in [0, 0.05) is 26.7 Å². The third kappa shape index (κ3) is 9.23. The SMILES string of the molecule is CN=C(NCCCCSC)NCC1CCCCN1C(=O)OC(C)(C)C. The van der Waals surface area contributed by atoms with Gasteiger partial charge in [0.2, 0.25) is 0 Å². The Morgan fingerprint density at radius 1 is 1.28 bits per heavy atom. The number of thioether (sulfide) groups is 1. The molecule has 0 aromatic heterocycles. The Morgan fingerprint density at radius 3 is 2.68 bits per heavy atom. The van der Waals surface area contributed by atoms with E-state index in [2.05, 4.69) is 21.9 Å². The van der Waals surface area contributed by atoms with Crippen LogP contribution in [0.15, 0.2) is 4.99 Å². The van der Waals surface area contributed by atoms with E-state index in [9.17, 15) is 4.79 Å². The number of unbranched alkanes of at least 4 members (excludes halogenated alkanes) is 1. The molecule has 146 valence electrons. The highest BCUT2D eigenvalue weighted by atomic mass is 32.2. The second-order valence-electron chi connectivity index (χ2n) is 7.40. The molecule has 0 aliphatic carbocycles. The van der Waals surface area contributed by atoms with Gasteiger partial charge < -0.3 is 20.3 Å². The Morgan fingerprint density at radius 2 is 2.04 bits per heavy atom. The molecule has 1 aliphatic heterocycles. The maximum absolute atomic E-state index is 12.4. The van der Waals surface area contributed by atoms with Crippen LogP contribution in [0.4, 0.5) is 4.79 Å². The second kappa shape index (κ2) is 11.5. The number of amides is 1. The Balaban J connectivity index is 2.44. The van der Waals surface area contributed by atoms with E-state index in [0.29, 0.717) is 6.54 Å². The molecule has 0 aromatic rings. The minimum atomic E-state index is -0.457. The highest BCUT2D eigenvalue weighted by molar-refractivity contribution is 7.98. The Bertz CT molecular complexity index is 424. The van der Waals surface area contributed by atoms with Gasteiger partial charge in [0.25, 0.3) is 0 Å². The van der Waals surface area contributed by atoms with Gasteiger partial charge in [0.15, 0.2) is 5.96 Å². The lowest BCUT2D eigenvalue weighted by Crippen LogP contribution is -2.52. The zero-order chi connectivity index (χ0) is 18.7. The summed E-state index contributed by atoms with van der Waals surface area (Å²) in [6, 6.07) is 0.152. The molecule has 1 rings (SSSR count). The number of carbonyl (C=O) groups is 1. The monoisotopic (exact) mass is 372 g/mol. The molecule has 0 aromatic carbocycles. The summed E-state index contributed by atoms with van der Waals surface area (Å²) in [5.41, 5.74) is -0.457. The fraction of sp³-hybridized carbons (Fsp3) is 0.889. The van der Waals surface area contributed by atoms with Crippen molar-refractivity contribution in [2.45, 2.75) is 64.5 Å². The number of likely N-dealkylation sites (tertiary alicyclic amines) is 1. The largest absolute Gasteiger partial charge is 0.444 e. The number of rotatable bonds is 7. The first-order valence-corrected chi connectivity index (χ1v) is 10.7. The Kier molecular flexibility index (Phi) is 10.1. The molecule has 25 heavy (non-hydrogen) atoms. The van der Waals surface area contributed by atoms with Gasteiger partial charge in [-0.05, 0) is 64.9 Å². The van der Waals surface area contributed by atoms with Crippen molar-refractivity contribution in [3.05, 3.63) is 0 Å². The summed E-state index contributed by atoms with van der Waals surface area (Å²) in [5, 5.41) is 6.71. The molecule has 0 saturated carbocycles. The van der Waals surface area contributed by atoms with E-state index in [1.165, 1.54) is 12.2 Å². The first kappa shape index (κ1) is 21.9. The molecule has 7 heteroatoms. The number of nitrogens with zero attached hydrogens (tertiary/aromatic N) is 2. The first-order valence-electron chi connectivity index (χ1n) is 9.30. The number of aliphatic imine (C=N–C) groups is 1. The molecular formula is C18H36N4O2S. The maximum Gasteiger partial charge on any atom is 0.410 e. The summed E-state index contributed by atoms with van der Waals surface area (Å²) in [4.78, 5) is 18.6. The van der Waals surface area contributed by atoms with Crippen LogP contribution in [0.25, 0.3) is 0 Å². The number of nitrogens with one attached hydrogen (secondary N) is 2. The summed E-state index contributed by atoms with van der Waals surface area (Å²) in [7, 11) is 1.78. The van der Waals surface area contributed by atoms with E-state index < -0.39 is 5.60 Å². The molecule has 1 amide bonds. The van der Waals surface area contributed by atoms with Gasteiger partial charge in [0.1, 0.15) is 5.60 Å². The number of hydrogen-bond acceptors (Lipinski definition) is 4. The minimum Gasteiger partial charge on any atom is -0.444 e. The summed E-state index contributed by atoms with van der Waals surface area (Å²) in [5.74, 6) is 2.00. The molecule has 6 nitrogen and oxygen atoms in total. The third-order valence-corrected chi connectivity index (χ3v) is 4.75. The molecule has 1 aliphatic rings. The molecule has 1 atom stereocenters. The Hall–Kier alpha value is -1.11. The second-order valence-corrected chi connectivity index (χ2v) is 8.39. The van der Waals surface area contributed by atoms with Crippen molar-refractivity contribution < 1.29 is 9.53 Å². The van der Waals surface area contributed by atoms with Gasteiger partial charge in [-0.15, -0.1) is 0 Å². The van der Waals surface area contributed by atoms with Crippen molar-refractivity contribution in [2.24, 2.45) is 4.99 Å². The van der Waals surface area contributed by atoms with Gasteiger partial charge >= 0.3 is 6.09 Å². The fourth-order valence-electron chi connectivity index (χ4n) is 2.79. The van der Waals surface area contributed by atoms with E-state index in [0.717, 1.165) is 44.7 Å². The van der Waals surface area contributed by atoms with Crippen molar-refractivity contribution in [3.63, 3.8) is 0 Å². The quantitative estimate of drug-likeness (QED) is 0.408. The third-order valence-electron chi connectivity index (χ3n) is 4.05. The number of piperidine rings is 1. The van der Waals surface area contributed by atoms with E-state index in [1.54, 1.807) is 7.05 Å². The van der Waals surface area contributed by atoms with Crippen LogP contribution in [0, 0.1) is 0 Å². The average molecular weight is 373 g/mol. The molecule has 0 bridgehead atoms. The summed E-state index contributed by atoms with van der Waals surface area (Å²) in [6.07, 6.45) is 7.45. The van der Waals surface area contributed by atoms with Crippen molar-refractivity contribution in [2.75, 3.05) is 38.7 Å². The number of ether oxygens (including phenoxy) is 1. The summed E-state index contributed by atoms with van der Waals surface area (Å²) in [6.45, 7) is 8.10. The van der Waals surface area contributed by atoms with Crippen molar-refractivity contribution in [1.29, 1.82) is 0 Å². The minimum absolute atomic E-state index is 0.152. The van der Waals surface area contributed by atoms with Crippen LogP contribution < -0.4 is 10.6 Å². The molecule has 1 unspecified atom stereocenters. The zero-order valence-corrected chi connectivity index (χ0v) is 17.4. The van der Waals surface area contributed by atoms with E-state index in [-0.39, 0.29) is 12.1 Å². The standard InChI is InChI=1S/C18H36N4O2S/c1-18(2,3)24-17(23)22-12-8-6-10-15(22)14-21-16(19-4)20-11-7-9-13-25-5/h15H,6-14H2,1-5H3,(H2,19,20,21). The predicted octanol–water partition coefficient (Wildman–Crippen LogP) is 3.08. The van der Waals surface area contributed by atoms with Gasteiger partial charge in [-0.2, -0.15) is 11.8 Å². The highest BCUT2D eigenvalue weighted by Gasteiger charge is 2.30. The number of hydrogen-bond donors (Lipinski definition) is 2. The van der Waals surface area contributed by atoms with Crippen molar-refractivity contribution in [3.8, 4) is 0 Å². The normalized spacial score (nSPS) is 18.8. The molecule has 1 fully saturated rings. The Labute approximate surface area is 157 Å². The topological polar surface area (TPSA) is 66.0 Å². The summed E-state index contributed by atoms with van der Waals surface area (Å²) >= 11 is 1.88. The van der Waals surface area contributed by atoms with Crippen LogP contribution in [0.5, 0.6) is 0 Å². The number of guanidine groups is 1. The summed E-state index contributed by atoms with van der Waals surface area (Å²) < 4.78 is 5.55. The number of carbonyl (C=O) groups excluding carboxylic acids is 1. The molecule has 0 spiro atoms. The highest BCUT2D eigenvalue weighted by Crippen LogP contribution is 2.20. The van der Waals surface area contributed by atoms with Crippen LogP contribution in [0.1, 0.15) is 52.9 Å². The van der Waals surface area contributed by atoms with Crippen molar-refractivity contribution >= 4 is 23.8 Å². The molecule has 1 saturated heterocycles. The van der Waals surface area contributed by atoms with Crippen LogP contribution in [0.3, 0.4) is 0 Å². The van der Waals surface area contributed by atoms with Crippen LogP contribution in [-0.4, -0.2) is 67.3 Å². The average Bonchev–Trinajstić information content (AvgIpc) is 2.56. The van der Waals surface area contributed by atoms with Crippen LogP contribution >= 0.6 is 11.8 Å². The molecule has 0 radical (unpaired) electrons.